The largest absolute Gasteiger partial charge is 0.508 e. The molecule has 10 atom stereocenters. The molecule has 0 radical (unpaired) electrons. The third-order valence-electron chi connectivity index (χ3n) is 13.8. The van der Waals surface area contributed by atoms with Crippen molar-refractivity contribution < 1.29 is 56.7 Å². The van der Waals surface area contributed by atoms with Gasteiger partial charge in [0.05, 0.1) is 31.5 Å². The molecule has 5 aliphatic rings. The monoisotopic (exact) mass is 887 g/mol. The Morgan fingerprint density at radius 3 is 2.27 bits per heavy atom. The topological polar surface area (TPSA) is 153 Å². The molecule has 0 unspecified atom stereocenters. The Morgan fingerprint density at radius 2 is 1.66 bits per heavy atom. The van der Waals surface area contributed by atoms with Crippen molar-refractivity contribution in [1.82, 2.24) is 5.32 Å². The number of fused-ring (bicyclic) bond motifs is 3. The van der Waals surface area contributed by atoms with Gasteiger partial charge in [0.15, 0.2) is 41.2 Å². The van der Waals surface area contributed by atoms with E-state index in [-0.39, 0.29) is 24.0 Å². The lowest BCUT2D eigenvalue weighted by Gasteiger charge is -2.51. The highest BCUT2D eigenvalue weighted by molar-refractivity contribution is 6.74. The molecule has 3 heterocycles. The van der Waals surface area contributed by atoms with E-state index in [1.165, 1.54) is 6.07 Å². The van der Waals surface area contributed by atoms with Crippen LogP contribution in [0.1, 0.15) is 64.4 Å². The Morgan fingerprint density at radius 1 is 0.984 bits per heavy atom. The number of methoxy groups -OCH3 is 1. The molecule has 3 saturated heterocycles. The van der Waals surface area contributed by atoms with Crippen molar-refractivity contribution in [3.63, 3.8) is 0 Å². The highest BCUT2D eigenvalue weighted by Gasteiger charge is 2.65. The molecule has 334 valence electrons. The molecule has 2 N–H and O–H groups in total. The fourth-order valence-corrected chi connectivity index (χ4v) is 15.1. The maximum atomic E-state index is 14.5. The maximum Gasteiger partial charge on any atom is 0.508 e. The van der Waals surface area contributed by atoms with Gasteiger partial charge in [-0.05, 0) is 98.5 Å². The highest BCUT2D eigenvalue weighted by atomic mass is 28.4. The number of aromatic hydroxyl groups is 1. The van der Waals surface area contributed by atoms with Gasteiger partial charge >= 0.3 is 12.1 Å². The van der Waals surface area contributed by atoms with Crippen LogP contribution in [0, 0.1) is 30.6 Å². The zero-order valence-corrected chi connectivity index (χ0v) is 39.5. The number of esters is 1. The molecule has 3 fully saturated rings. The average Bonchev–Trinajstić information content (AvgIpc) is 3.60. The molecule has 15 heteroatoms. The van der Waals surface area contributed by atoms with Crippen LogP contribution in [0.25, 0.3) is 10.8 Å². The minimum Gasteiger partial charge on any atom is -0.507 e. The van der Waals surface area contributed by atoms with Crippen molar-refractivity contribution in [2.75, 3.05) is 20.8 Å². The zero-order chi connectivity index (χ0) is 44.6. The van der Waals surface area contributed by atoms with Gasteiger partial charge in [0.1, 0.15) is 29.8 Å². The summed E-state index contributed by atoms with van der Waals surface area (Å²) in [5.41, 5.74) is 0.701. The van der Waals surface area contributed by atoms with Crippen molar-refractivity contribution in [2.24, 2.45) is 0 Å². The summed E-state index contributed by atoms with van der Waals surface area (Å²) in [6, 6.07) is 12.1. The fraction of sp³-hybridized carbons (Fsp3) is 0.574. The van der Waals surface area contributed by atoms with E-state index >= 15 is 0 Å². The first-order valence-electron chi connectivity index (χ1n) is 22.1. The molecule has 2 aromatic carbocycles. The standard InChI is InChI=1S/C47H61NO12Si2/c1-11-61(12-2,13-3)59-41-29(8)54-45(40(48-9)43(41)60-62(14-4,15-5)16-6)57-42-33-18-17-19-37-47(58-37,38-27-53-46(51)56-38)23-22-30(33)25-36(42)55-44(50)39-34-26-31(52-10)24-28(7)32(34)20-21-35(39)49/h18,20-21,24-26,29,36-38,40-43,45,48-49H,11-16,27H2,1-10H3/b33-18+/t29-,36-,37-,38-,40-,41+,42-,43-,45-,47+/m1/s1. The Kier molecular flexibility index (Phi) is 13.7. The molecule has 0 saturated carbocycles. The molecule has 13 nitrogen and oxygen atoms in total. The fourth-order valence-electron chi connectivity index (χ4n) is 9.35. The second-order valence-electron chi connectivity index (χ2n) is 16.8. The summed E-state index contributed by atoms with van der Waals surface area (Å²) in [7, 11) is -0.945. The number of ether oxygens (including phenoxy) is 7. The maximum absolute atomic E-state index is 14.5. The van der Waals surface area contributed by atoms with Crippen LogP contribution >= 0.6 is 0 Å². The normalized spacial score (nSPS) is 30.9. The number of epoxide rings is 1. The molecule has 7 rings (SSSR count). The van der Waals surface area contributed by atoms with Gasteiger partial charge in [-0.15, -0.1) is 0 Å². The third kappa shape index (κ3) is 8.46. The molecule has 2 aromatic rings. The number of cyclic esters (lactones) is 2. The molecule has 0 aromatic heterocycles. The molecule has 0 bridgehead atoms. The van der Waals surface area contributed by atoms with E-state index in [0.29, 0.717) is 22.3 Å². The van der Waals surface area contributed by atoms with Gasteiger partial charge in [0, 0.05) is 16.5 Å². The number of likely N-dealkylation sites (N-methyl/N-ethyl adjacent to an activating group) is 1. The van der Waals surface area contributed by atoms with Crippen LogP contribution < -0.4 is 10.1 Å². The van der Waals surface area contributed by atoms with Gasteiger partial charge in [0.2, 0.25) is 5.60 Å². The number of hydrogen-bond donors (Lipinski definition) is 2. The van der Waals surface area contributed by atoms with E-state index < -0.39 is 83.3 Å². The Hall–Kier alpha value is -4.17. The number of allylic oxidation sites excluding steroid dienone is 1. The van der Waals surface area contributed by atoms with Crippen molar-refractivity contribution in [2.45, 2.75) is 152 Å². The second-order valence-corrected chi connectivity index (χ2v) is 26.2. The SMILES string of the molecule is CC[Si](CC)(CC)O[C@@H]1[C@@H](NC)[C@@H](O[C@@H]2/C3=C/C#C[C@H]4O[C@@]4([C@H]4COC(=O)O4)C#CC3=C[C@H]2OC(=O)c2c(O)ccc3c(C)cc(OC)cc23)O[C@H](C)[C@@H]1O[Si](CC)(CC)CC. The number of aryl methyl sites for hydroxylation is 1. The first kappa shape index (κ1) is 45.8. The molecular weight excluding hydrogens is 827 g/mol. The van der Waals surface area contributed by atoms with E-state index in [1.54, 1.807) is 31.4 Å². The lowest BCUT2D eigenvalue weighted by Crippen LogP contribution is -2.67. The molecule has 0 spiro atoms. The molecular formula is C47H61NO12Si2. The average molecular weight is 888 g/mol. The summed E-state index contributed by atoms with van der Waals surface area (Å²) in [6.07, 6.45) is -2.87. The summed E-state index contributed by atoms with van der Waals surface area (Å²) in [6.45, 7) is 17.2. The lowest BCUT2D eigenvalue weighted by atomic mass is 9.97. The molecule has 0 amide bonds. The van der Waals surface area contributed by atoms with Crippen LogP contribution in [0.15, 0.2) is 47.6 Å². The van der Waals surface area contributed by atoms with Crippen molar-refractivity contribution >= 4 is 39.5 Å². The third-order valence-corrected chi connectivity index (χ3v) is 23.1. The Labute approximate surface area is 367 Å². The van der Waals surface area contributed by atoms with Crippen molar-refractivity contribution in [3.8, 4) is 35.2 Å². The summed E-state index contributed by atoms with van der Waals surface area (Å²) in [4.78, 5) is 26.4. The van der Waals surface area contributed by atoms with Crippen LogP contribution in [-0.4, -0.2) is 115 Å². The Balaban J connectivity index is 1.29. The summed E-state index contributed by atoms with van der Waals surface area (Å²) in [5.74, 6) is 12.2. The number of rotatable bonds is 17. The number of benzene rings is 2. The number of phenolic OH excluding ortho intramolecular Hbond substituents is 1. The van der Waals surface area contributed by atoms with E-state index in [2.05, 4.69) is 70.5 Å². The first-order valence-corrected chi connectivity index (χ1v) is 27.2. The number of carbonyl (C=O) groups is 2. The van der Waals surface area contributed by atoms with Crippen LogP contribution in [0.2, 0.25) is 36.3 Å². The summed E-state index contributed by atoms with van der Waals surface area (Å²) < 4.78 is 57.1. The zero-order valence-electron chi connectivity index (χ0n) is 37.5. The van der Waals surface area contributed by atoms with Gasteiger partial charge in [-0.25, -0.2) is 9.59 Å². The predicted molar refractivity (Wildman–Crippen MR) is 238 cm³/mol. The van der Waals surface area contributed by atoms with Gasteiger partial charge in [-0.1, -0.05) is 71.3 Å². The molecule has 3 aliphatic heterocycles. The highest BCUT2D eigenvalue weighted by Crippen LogP contribution is 2.44. The Bertz CT molecular complexity index is 2210. The van der Waals surface area contributed by atoms with Gasteiger partial charge in [0.25, 0.3) is 0 Å². The number of carbonyl (C=O) groups excluding carboxylic acids is 2. The molecule has 62 heavy (non-hydrogen) atoms. The number of hydrogen-bond acceptors (Lipinski definition) is 13. The van der Waals surface area contributed by atoms with Gasteiger partial charge < -0.3 is 52.4 Å². The van der Waals surface area contributed by atoms with Crippen molar-refractivity contribution in [1.29, 1.82) is 0 Å². The van der Waals surface area contributed by atoms with E-state index in [0.717, 1.165) is 47.2 Å². The minimum absolute atomic E-state index is 0.0154. The first-order chi connectivity index (χ1) is 29.8. The van der Waals surface area contributed by atoms with Crippen LogP contribution in [-0.2, 0) is 37.3 Å². The quantitative estimate of drug-likeness (QED) is 0.0701. The van der Waals surface area contributed by atoms with E-state index in [1.807, 2.05) is 27.0 Å². The minimum atomic E-state index is -2.22. The number of nitrogens with one attached hydrogen (secondary N) is 1. The van der Waals surface area contributed by atoms with Crippen molar-refractivity contribution in [3.05, 3.63) is 58.7 Å². The lowest BCUT2D eigenvalue weighted by molar-refractivity contribution is -0.268. The van der Waals surface area contributed by atoms with Gasteiger partial charge in [-0.3, -0.25) is 0 Å². The molecule has 2 aliphatic carbocycles. The van der Waals surface area contributed by atoms with Crippen LogP contribution in [0.4, 0.5) is 4.79 Å². The van der Waals surface area contributed by atoms with Crippen LogP contribution in [0.5, 0.6) is 11.5 Å². The summed E-state index contributed by atoms with van der Waals surface area (Å²) in [5, 5.41) is 16.0. The summed E-state index contributed by atoms with van der Waals surface area (Å²) >= 11 is 0. The smallest absolute Gasteiger partial charge is 0.507 e. The van der Waals surface area contributed by atoms with Crippen LogP contribution in [0.3, 0.4) is 0 Å². The predicted octanol–water partition coefficient (Wildman–Crippen LogP) is 7.45. The van der Waals surface area contributed by atoms with E-state index in [4.69, 9.17) is 42.0 Å². The second kappa shape index (κ2) is 18.5. The number of phenols is 1. The van der Waals surface area contributed by atoms with Gasteiger partial charge in [-0.2, -0.15) is 0 Å². The van der Waals surface area contributed by atoms with E-state index in [9.17, 15) is 14.7 Å².